The van der Waals surface area contributed by atoms with Gasteiger partial charge in [0.1, 0.15) is 5.76 Å². The number of hydrogen-bond donors (Lipinski definition) is 1. The zero-order valence-electron chi connectivity index (χ0n) is 14.4. The normalized spacial score (nSPS) is 25.2. The Bertz CT molecular complexity index is 558. The first kappa shape index (κ1) is 17.0. The van der Waals surface area contributed by atoms with Crippen molar-refractivity contribution in [3.05, 3.63) is 24.2 Å². The third-order valence-electron chi connectivity index (χ3n) is 4.98. The largest absolute Gasteiger partial charge is 0.467 e. The van der Waals surface area contributed by atoms with Gasteiger partial charge in [0.2, 0.25) is 11.8 Å². The summed E-state index contributed by atoms with van der Waals surface area (Å²) in [5, 5.41) is 3.00. The molecule has 0 spiro atoms. The molecule has 2 amide bonds. The van der Waals surface area contributed by atoms with Crippen LogP contribution in [0, 0.1) is 11.8 Å². The van der Waals surface area contributed by atoms with Crippen LogP contribution in [0.2, 0.25) is 0 Å². The Morgan fingerprint density at radius 3 is 3.04 bits per heavy atom. The summed E-state index contributed by atoms with van der Waals surface area (Å²) in [5.74, 6) is 1.28. The van der Waals surface area contributed by atoms with Crippen LogP contribution < -0.4 is 5.32 Å². The molecule has 1 aromatic heterocycles. The molecule has 6 nitrogen and oxygen atoms in total. The van der Waals surface area contributed by atoms with Gasteiger partial charge in [0.15, 0.2) is 0 Å². The van der Waals surface area contributed by atoms with Gasteiger partial charge in [-0.2, -0.15) is 0 Å². The van der Waals surface area contributed by atoms with Crippen LogP contribution in [0.25, 0.3) is 0 Å². The maximum Gasteiger partial charge on any atom is 0.225 e. The van der Waals surface area contributed by atoms with Gasteiger partial charge in [-0.1, -0.05) is 6.92 Å². The van der Waals surface area contributed by atoms with Crippen LogP contribution in [0.15, 0.2) is 22.8 Å². The summed E-state index contributed by atoms with van der Waals surface area (Å²) >= 11 is 0. The molecule has 2 saturated heterocycles. The smallest absolute Gasteiger partial charge is 0.225 e. The van der Waals surface area contributed by atoms with Crippen molar-refractivity contribution >= 4 is 11.8 Å². The third kappa shape index (κ3) is 4.38. The van der Waals surface area contributed by atoms with Gasteiger partial charge in [-0.25, -0.2) is 0 Å². The van der Waals surface area contributed by atoms with Crippen molar-refractivity contribution in [1.82, 2.24) is 15.1 Å². The molecule has 6 heteroatoms. The molecule has 0 bridgehead atoms. The van der Waals surface area contributed by atoms with Crippen molar-refractivity contribution in [2.75, 3.05) is 32.7 Å². The fraction of sp³-hybridized carbons (Fsp3) is 0.667. The Balaban J connectivity index is 1.40. The van der Waals surface area contributed by atoms with E-state index in [-0.39, 0.29) is 17.7 Å². The molecule has 2 aliphatic heterocycles. The van der Waals surface area contributed by atoms with Crippen LogP contribution in [-0.4, -0.2) is 54.3 Å². The Kier molecular flexibility index (Phi) is 5.56. The fourth-order valence-electron chi connectivity index (χ4n) is 3.66. The van der Waals surface area contributed by atoms with Crippen molar-refractivity contribution in [3.8, 4) is 0 Å². The summed E-state index contributed by atoms with van der Waals surface area (Å²) in [7, 11) is 0. The lowest BCUT2D eigenvalue weighted by Gasteiger charge is -2.30. The van der Waals surface area contributed by atoms with Crippen molar-refractivity contribution in [3.63, 3.8) is 0 Å². The highest BCUT2D eigenvalue weighted by molar-refractivity contribution is 5.89. The SMILES string of the molecule is CC1CCCN(CCNC(=O)C2CC(=O)N(Cc3ccco3)C2)C1. The van der Waals surface area contributed by atoms with Crippen LogP contribution in [0.3, 0.4) is 0 Å². The van der Waals surface area contributed by atoms with E-state index in [1.807, 2.05) is 12.1 Å². The van der Waals surface area contributed by atoms with Gasteiger partial charge in [0.25, 0.3) is 0 Å². The highest BCUT2D eigenvalue weighted by atomic mass is 16.3. The van der Waals surface area contributed by atoms with E-state index in [1.54, 1.807) is 11.2 Å². The molecule has 0 saturated carbocycles. The number of carbonyl (C=O) groups is 2. The van der Waals surface area contributed by atoms with Crippen molar-refractivity contribution < 1.29 is 14.0 Å². The molecule has 132 valence electrons. The summed E-state index contributed by atoms with van der Waals surface area (Å²) in [6, 6.07) is 3.65. The van der Waals surface area contributed by atoms with Gasteiger partial charge in [-0.15, -0.1) is 0 Å². The molecule has 1 N–H and O–H groups in total. The fourth-order valence-corrected chi connectivity index (χ4v) is 3.66. The molecule has 2 fully saturated rings. The van der Waals surface area contributed by atoms with Gasteiger partial charge in [-0.3, -0.25) is 9.59 Å². The maximum atomic E-state index is 12.3. The highest BCUT2D eigenvalue weighted by Gasteiger charge is 2.34. The molecule has 2 aliphatic rings. The van der Waals surface area contributed by atoms with Crippen LogP contribution in [-0.2, 0) is 16.1 Å². The molecular weight excluding hydrogens is 306 g/mol. The predicted octanol–water partition coefficient (Wildman–Crippen LogP) is 1.48. The van der Waals surface area contributed by atoms with E-state index in [0.29, 0.717) is 26.1 Å². The molecule has 24 heavy (non-hydrogen) atoms. The van der Waals surface area contributed by atoms with Crippen LogP contribution in [0.1, 0.15) is 31.9 Å². The monoisotopic (exact) mass is 333 g/mol. The average Bonchev–Trinajstić information content (AvgIpc) is 3.18. The number of nitrogens with zero attached hydrogens (tertiary/aromatic N) is 2. The predicted molar refractivity (Wildman–Crippen MR) is 90.1 cm³/mol. The highest BCUT2D eigenvalue weighted by Crippen LogP contribution is 2.20. The van der Waals surface area contributed by atoms with Crippen LogP contribution in [0.5, 0.6) is 0 Å². The molecule has 3 heterocycles. The molecular formula is C18H27N3O3. The lowest BCUT2D eigenvalue weighted by atomic mass is 10.0. The van der Waals surface area contributed by atoms with Crippen molar-refractivity contribution in [2.45, 2.75) is 32.7 Å². The minimum atomic E-state index is -0.243. The number of carbonyl (C=O) groups excluding carboxylic acids is 2. The summed E-state index contributed by atoms with van der Waals surface area (Å²) in [6.45, 7) is 7.00. The van der Waals surface area contributed by atoms with Crippen LogP contribution >= 0.6 is 0 Å². The summed E-state index contributed by atoms with van der Waals surface area (Å²) < 4.78 is 5.28. The first-order chi connectivity index (χ1) is 11.6. The standard InChI is InChI=1S/C18H27N3O3/c1-14-4-2-7-20(11-14)8-6-19-18(23)15-10-17(22)21(12-15)13-16-5-3-9-24-16/h3,5,9,14-15H,2,4,6-8,10-13H2,1H3,(H,19,23). The molecule has 2 atom stereocenters. The summed E-state index contributed by atoms with van der Waals surface area (Å²) in [6.07, 6.45) is 4.45. The zero-order chi connectivity index (χ0) is 16.9. The quantitative estimate of drug-likeness (QED) is 0.856. The third-order valence-corrected chi connectivity index (χ3v) is 4.98. The Morgan fingerprint density at radius 1 is 1.42 bits per heavy atom. The van der Waals surface area contributed by atoms with E-state index in [0.717, 1.165) is 31.3 Å². The minimum Gasteiger partial charge on any atom is -0.467 e. The number of amides is 2. The van der Waals surface area contributed by atoms with Crippen molar-refractivity contribution in [1.29, 1.82) is 0 Å². The Morgan fingerprint density at radius 2 is 2.29 bits per heavy atom. The first-order valence-electron chi connectivity index (χ1n) is 8.92. The van der Waals surface area contributed by atoms with Gasteiger partial charge >= 0.3 is 0 Å². The molecule has 0 aromatic carbocycles. The number of piperidine rings is 1. The van der Waals surface area contributed by atoms with Gasteiger partial charge in [0.05, 0.1) is 18.7 Å². The Hall–Kier alpha value is -1.82. The molecule has 3 rings (SSSR count). The lowest BCUT2D eigenvalue weighted by Crippen LogP contribution is -2.41. The number of nitrogens with one attached hydrogen (secondary N) is 1. The van der Waals surface area contributed by atoms with Gasteiger partial charge in [-0.05, 0) is 37.4 Å². The van der Waals surface area contributed by atoms with E-state index in [4.69, 9.17) is 4.42 Å². The number of rotatable bonds is 6. The molecule has 0 radical (unpaired) electrons. The second-order valence-corrected chi connectivity index (χ2v) is 7.09. The minimum absolute atomic E-state index is 0.00430. The summed E-state index contributed by atoms with van der Waals surface area (Å²) in [5.41, 5.74) is 0. The zero-order valence-corrected chi connectivity index (χ0v) is 14.4. The topological polar surface area (TPSA) is 65.8 Å². The molecule has 0 aliphatic carbocycles. The van der Waals surface area contributed by atoms with Crippen LogP contribution in [0.4, 0.5) is 0 Å². The lowest BCUT2D eigenvalue weighted by molar-refractivity contribution is -0.129. The maximum absolute atomic E-state index is 12.3. The van der Waals surface area contributed by atoms with E-state index in [9.17, 15) is 9.59 Å². The Labute approximate surface area is 143 Å². The van der Waals surface area contributed by atoms with Crippen molar-refractivity contribution in [2.24, 2.45) is 11.8 Å². The van der Waals surface area contributed by atoms with E-state index < -0.39 is 0 Å². The van der Waals surface area contributed by atoms with E-state index in [1.165, 1.54) is 12.8 Å². The second-order valence-electron chi connectivity index (χ2n) is 7.09. The van der Waals surface area contributed by atoms with E-state index in [2.05, 4.69) is 17.1 Å². The second kappa shape index (κ2) is 7.83. The molecule has 2 unspecified atom stereocenters. The van der Waals surface area contributed by atoms with Gasteiger partial charge < -0.3 is 19.5 Å². The summed E-state index contributed by atoms with van der Waals surface area (Å²) in [4.78, 5) is 28.5. The number of likely N-dealkylation sites (tertiary alicyclic amines) is 2. The number of furan rings is 1. The number of hydrogen-bond acceptors (Lipinski definition) is 4. The molecule has 1 aromatic rings. The van der Waals surface area contributed by atoms with Gasteiger partial charge in [0, 0.05) is 32.6 Å². The van der Waals surface area contributed by atoms with E-state index >= 15 is 0 Å². The first-order valence-corrected chi connectivity index (χ1v) is 8.92. The average molecular weight is 333 g/mol.